The number of nitrogens with zero attached hydrogens (tertiary/aromatic N) is 6. The monoisotopic (exact) mass is 753 g/mol. The van der Waals surface area contributed by atoms with Crippen LogP contribution in [-0.4, -0.2) is 95.1 Å². The Morgan fingerprint density at radius 1 is 1.00 bits per heavy atom. The molecule has 272 valence electrons. The van der Waals surface area contributed by atoms with Crippen molar-refractivity contribution in [2.24, 2.45) is 0 Å². The molecule has 2 aliphatic heterocycles. The lowest BCUT2D eigenvalue weighted by molar-refractivity contribution is -0.190. The van der Waals surface area contributed by atoms with Crippen LogP contribution in [-0.2, 0) is 21.8 Å². The van der Waals surface area contributed by atoms with Crippen LogP contribution in [0.15, 0.2) is 79.4 Å². The van der Waals surface area contributed by atoms with E-state index >= 15 is 0 Å². The van der Waals surface area contributed by atoms with E-state index in [1.807, 2.05) is 18.2 Å². The number of benzene rings is 3. The van der Waals surface area contributed by atoms with E-state index in [1.165, 1.54) is 12.0 Å². The Balaban J connectivity index is 0.980. The minimum Gasteiger partial charge on any atom is -0.491 e. The summed E-state index contributed by atoms with van der Waals surface area (Å²) in [6.07, 6.45) is 5.63. The van der Waals surface area contributed by atoms with Crippen molar-refractivity contribution in [3.63, 3.8) is 0 Å². The first-order valence-corrected chi connectivity index (χ1v) is 18.6. The molecule has 4 aromatic rings. The molecule has 2 aliphatic rings. The zero-order valence-electron chi connectivity index (χ0n) is 28.8. The summed E-state index contributed by atoms with van der Waals surface area (Å²) in [4.78, 5) is 11.0. The number of unbranched alkanes of at least 4 members (excludes halogenated alkanes) is 1. The number of thiocarbonyl (C=S) groups is 1. The van der Waals surface area contributed by atoms with E-state index in [4.69, 9.17) is 49.6 Å². The molecule has 6 rings (SSSR count). The molecule has 14 heteroatoms. The second-order valence-electron chi connectivity index (χ2n) is 12.7. The molecule has 0 aliphatic carbocycles. The molecule has 0 spiro atoms. The van der Waals surface area contributed by atoms with Crippen LogP contribution in [0.2, 0.25) is 10.0 Å². The van der Waals surface area contributed by atoms with Gasteiger partial charge in [-0.2, -0.15) is 5.10 Å². The van der Waals surface area contributed by atoms with Gasteiger partial charge in [-0.05, 0) is 85.7 Å². The van der Waals surface area contributed by atoms with E-state index in [9.17, 15) is 5.11 Å². The second kappa shape index (κ2) is 17.7. The summed E-state index contributed by atoms with van der Waals surface area (Å²) < 4.78 is 20.6. The Kier molecular flexibility index (Phi) is 12.9. The number of nitrogens with one attached hydrogen (secondary N) is 1. The normalized spacial score (nSPS) is 18.9. The van der Waals surface area contributed by atoms with E-state index in [1.54, 1.807) is 23.1 Å². The van der Waals surface area contributed by atoms with Gasteiger partial charge in [-0.15, -0.1) is 0 Å². The molecule has 0 bridgehead atoms. The third-order valence-electron chi connectivity index (χ3n) is 9.09. The largest absolute Gasteiger partial charge is 0.491 e. The van der Waals surface area contributed by atoms with Crippen molar-refractivity contribution in [1.82, 2.24) is 19.7 Å². The number of piperazine rings is 1. The molecule has 0 radical (unpaired) electrons. The van der Waals surface area contributed by atoms with Crippen LogP contribution in [0.4, 0.5) is 17.1 Å². The van der Waals surface area contributed by atoms with Crippen LogP contribution >= 0.6 is 35.4 Å². The maximum Gasteiger partial charge on any atom is 0.217 e. The van der Waals surface area contributed by atoms with E-state index in [0.29, 0.717) is 40.4 Å². The summed E-state index contributed by atoms with van der Waals surface area (Å²) in [7, 11) is 0. The van der Waals surface area contributed by atoms with Crippen molar-refractivity contribution < 1.29 is 19.3 Å². The van der Waals surface area contributed by atoms with Gasteiger partial charge in [0.2, 0.25) is 5.79 Å². The number of hydrogen-bond donors (Lipinski definition) is 2. The standard InChI is InChI=1S/C37H45Cl2N7O4S/c1-2-3-15-45(16-4-21-47)36(51)42-29-6-8-30(9-7-29)43-17-19-44(20-18-43)31-10-12-32(13-11-31)48-23-33-24-49-37(50-33,25-46-27-40-26-41-46)34-14-5-28(38)22-35(34)39/h5-14,22,26-27,33,47H,2-4,15-21,23-25H2,1H3,(H,42,51). The van der Waals surface area contributed by atoms with Crippen molar-refractivity contribution in [2.75, 3.05) is 74.2 Å². The fourth-order valence-corrected chi connectivity index (χ4v) is 7.18. The van der Waals surface area contributed by atoms with E-state index in [-0.39, 0.29) is 19.3 Å². The maximum absolute atomic E-state index is 9.27. The van der Waals surface area contributed by atoms with Gasteiger partial charge in [0, 0.05) is 73.5 Å². The lowest BCUT2D eigenvalue weighted by Crippen LogP contribution is -2.46. The Bertz CT molecular complexity index is 1680. The predicted molar refractivity (Wildman–Crippen MR) is 206 cm³/mol. The third-order valence-corrected chi connectivity index (χ3v) is 10.0. The van der Waals surface area contributed by atoms with E-state index in [2.05, 4.69) is 73.4 Å². The molecule has 11 nitrogen and oxygen atoms in total. The summed E-state index contributed by atoms with van der Waals surface area (Å²) in [6, 6.07) is 21.9. The van der Waals surface area contributed by atoms with Crippen LogP contribution in [0.5, 0.6) is 5.75 Å². The van der Waals surface area contributed by atoms with Crippen LogP contribution < -0.4 is 19.9 Å². The summed E-state index contributed by atoms with van der Waals surface area (Å²) in [5.41, 5.74) is 4.00. The lowest BCUT2D eigenvalue weighted by Gasteiger charge is -2.37. The fourth-order valence-electron chi connectivity index (χ4n) is 6.33. The van der Waals surface area contributed by atoms with Crippen molar-refractivity contribution in [3.05, 3.63) is 95.0 Å². The van der Waals surface area contributed by atoms with Crippen LogP contribution in [0.3, 0.4) is 0 Å². The van der Waals surface area contributed by atoms with Crippen molar-refractivity contribution in [3.8, 4) is 5.75 Å². The molecule has 2 N–H and O–H groups in total. The van der Waals surface area contributed by atoms with Gasteiger partial charge < -0.3 is 39.3 Å². The summed E-state index contributed by atoms with van der Waals surface area (Å²) in [6.45, 7) is 8.54. The van der Waals surface area contributed by atoms with Crippen LogP contribution in [0.25, 0.3) is 0 Å². The predicted octanol–water partition coefficient (Wildman–Crippen LogP) is 6.44. The third kappa shape index (κ3) is 9.62. The molecular formula is C37H45Cl2N7O4S. The van der Waals surface area contributed by atoms with Crippen LogP contribution in [0.1, 0.15) is 31.7 Å². The molecule has 51 heavy (non-hydrogen) atoms. The average molecular weight is 755 g/mol. The Morgan fingerprint density at radius 3 is 2.31 bits per heavy atom. The molecule has 3 heterocycles. The summed E-state index contributed by atoms with van der Waals surface area (Å²) in [5, 5.41) is 18.6. The number of aliphatic hydroxyl groups is 1. The number of aliphatic hydroxyl groups excluding tert-OH is 1. The van der Waals surface area contributed by atoms with Gasteiger partial charge in [-0.25, -0.2) is 9.67 Å². The van der Waals surface area contributed by atoms with Gasteiger partial charge in [0.1, 0.15) is 37.7 Å². The van der Waals surface area contributed by atoms with Gasteiger partial charge in [0.05, 0.1) is 11.6 Å². The average Bonchev–Trinajstić information content (AvgIpc) is 3.82. The zero-order chi connectivity index (χ0) is 35.6. The highest BCUT2D eigenvalue weighted by Gasteiger charge is 2.45. The quantitative estimate of drug-likeness (QED) is 0.131. The van der Waals surface area contributed by atoms with Gasteiger partial charge in [-0.3, -0.25) is 0 Å². The van der Waals surface area contributed by atoms with Gasteiger partial charge in [0.25, 0.3) is 0 Å². The first kappa shape index (κ1) is 37.1. The van der Waals surface area contributed by atoms with E-state index in [0.717, 1.165) is 69.2 Å². The minimum atomic E-state index is -1.15. The molecule has 3 aromatic carbocycles. The second-order valence-corrected chi connectivity index (χ2v) is 13.9. The highest BCUT2D eigenvalue weighted by Crippen LogP contribution is 2.40. The molecule has 1 aromatic heterocycles. The maximum atomic E-state index is 9.27. The number of aromatic nitrogens is 3. The SMILES string of the molecule is CCCCN(CCCO)C(=S)Nc1ccc(N2CCN(c3ccc(OCC4COC(Cn5cncn5)(c5ccc(Cl)cc5Cl)O4)cc3)CC2)cc1. The molecule has 2 fully saturated rings. The Hall–Kier alpha value is -3.65. The minimum absolute atomic E-state index is 0.164. The lowest BCUT2D eigenvalue weighted by atomic mass is 10.1. The number of hydrogen-bond acceptors (Lipinski definition) is 9. The van der Waals surface area contributed by atoms with Crippen LogP contribution in [0, 0.1) is 0 Å². The summed E-state index contributed by atoms with van der Waals surface area (Å²) in [5.74, 6) is -0.396. The highest BCUT2D eigenvalue weighted by atomic mass is 35.5. The highest BCUT2D eigenvalue weighted by molar-refractivity contribution is 7.80. The number of anilines is 3. The molecule has 0 saturated carbocycles. The Morgan fingerprint density at radius 2 is 1.69 bits per heavy atom. The molecular weight excluding hydrogens is 709 g/mol. The smallest absolute Gasteiger partial charge is 0.217 e. The zero-order valence-corrected chi connectivity index (χ0v) is 31.1. The Labute approximate surface area is 315 Å². The van der Waals surface area contributed by atoms with Gasteiger partial charge >= 0.3 is 0 Å². The molecule has 0 amide bonds. The fraction of sp³-hybridized carbons (Fsp3) is 0.432. The molecule has 2 atom stereocenters. The van der Waals surface area contributed by atoms with E-state index < -0.39 is 5.79 Å². The number of rotatable bonds is 15. The van der Waals surface area contributed by atoms with Crippen molar-refractivity contribution >= 4 is 57.6 Å². The van der Waals surface area contributed by atoms with Crippen molar-refractivity contribution in [2.45, 2.75) is 44.6 Å². The molecule has 2 unspecified atom stereocenters. The first-order chi connectivity index (χ1) is 24.9. The topological polar surface area (TPSA) is 100 Å². The van der Waals surface area contributed by atoms with Crippen molar-refractivity contribution in [1.29, 1.82) is 0 Å². The first-order valence-electron chi connectivity index (χ1n) is 17.4. The number of halogens is 2. The van der Waals surface area contributed by atoms with Gasteiger partial charge in [-0.1, -0.05) is 42.6 Å². The molecule has 2 saturated heterocycles. The van der Waals surface area contributed by atoms with Gasteiger partial charge in [0.15, 0.2) is 5.11 Å². The summed E-state index contributed by atoms with van der Waals surface area (Å²) >= 11 is 18.4. The number of ether oxygens (including phenoxy) is 3.